The molecule has 1 atom stereocenters. The van der Waals surface area contributed by atoms with Crippen molar-refractivity contribution in [2.75, 3.05) is 6.54 Å². The molecule has 2 rings (SSSR count). The van der Waals surface area contributed by atoms with Gasteiger partial charge in [0.05, 0.1) is 15.4 Å². The molecule has 0 unspecified atom stereocenters. The zero-order valence-corrected chi connectivity index (χ0v) is 14.6. The van der Waals surface area contributed by atoms with E-state index >= 15 is 0 Å². The van der Waals surface area contributed by atoms with Gasteiger partial charge < -0.3 is 5.73 Å². The molecule has 0 radical (unpaired) electrons. The smallest absolute Gasteiger partial charge is 0.324 e. The number of nitrogens with one attached hydrogen (secondary N) is 1. The Hall–Kier alpha value is -2.50. The molecule has 0 saturated carbocycles. The summed E-state index contributed by atoms with van der Waals surface area (Å²) >= 11 is 0. The molecule has 2 aromatic carbocycles. The Kier molecular flexibility index (Phi) is 6.19. The molecule has 0 aliphatic heterocycles. The van der Waals surface area contributed by atoms with Gasteiger partial charge in [-0.2, -0.15) is 13.2 Å². The maximum absolute atomic E-state index is 12.5. The predicted molar refractivity (Wildman–Crippen MR) is 91.3 cm³/mol. The van der Waals surface area contributed by atoms with Crippen LogP contribution in [0.1, 0.15) is 23.6 Å². The molecule has 0 amide bonds. The van der Waals surface area contributed by atoms with E-state index in [1.165, 1.54) is 12.1 Å². The number of nitro benzene ring substituents is 1. The molecule has 27 heavy (non-hydrogen) atoms. The second-order valence-electron chi connectivity index (χ2n) is 5.66. The van der Waals surface area contributed by atoms with Gasteiger partial charge in [-0.25, -0.2) is 13.1 Å². The fraction of sp³-hybridized carbons (Fsp3) is 0.250. The van der Waals surface area contributed by atoms with Crippen LogP contribution < -0.4 is 10.5 Å². The molecule has 0 spiro atoms. The third kappa shape index (κ3) is 5.49. The number of non-ortho nitro benzene ring substituents is 1. The first kappa shape index (κ1) is 20.8. The molecule has 0 saturated heterocycles. The second-order valence-corrected chi connectivity index (χ2v) is 7.43. The van der Waals surface area contributed by atoms with Crippen LogP contribution in [0.2, 0.25) is 0 Å². The summed E-state index contributed by atoms with van der Waals surface area (Å²) in [4.78, 5) is 9.80. The molecular weight excluding hydrogens is 387 g/mol. The lowest BCUT2D eigenvalue weighted by Gasteiger charge is -2.14. The normalized spacial score (nSPS) is 13.3. The summed E-state index contributed by atoms with van der Waals surface area (Å²) in [5.74, 6) is 0. The minimum Gasteiger partial charge on any atom is -0.324 e. The first-order chi connectivity index (χ1) is 12.5. The van der Waals surface area contributed by atoms with E-state index in [0.717, 1.165) is 36.4 Å². The Bertz CT molecular complexity index is 898. The molecule has 0 heterocycles. The van der Waals surface area contributed by atoms with Crippen molar-refractivity contribution >= 4 is 15.7 Å². The molecule has 0 bridgehead atoms. The van der Waals surface area contributed by atoms with Gasteiger partial charge in [0.1, 0.15) is 0 Å². The number of hydrogen-bond acceptors (Lipinski definition) is 5. The van der Waals surface area contributed by atoms with Gasteiger partial charge in [-0.3, -0.25) is 10.1 Å². The van der Waals surface area contributed by atoms with E-state index in [9.17, 15) is 31.7 Å². The van der Waals surface area contributed by atoms with Crippen molar-refractivity contribution in [2.45, 2.75) is 23.5 Å². The Labute approximate surface area is 153 Å². The highest BCUT2D eigenvalue weighted by molar-refractivity contribution is 7.89. The van der Waals surface area contributed by atoms with Gasteiger partial charge in [0, 0.05) is 24.7 Å². The number of sulfonamides is 1. The number of nitro groups is 1. The summed E-state index contributed by atoms with van der Waals surface area (Å²) in [6, 6.07) is 8.02. The summed E-state index contributed by atoms with van der Waals surface area (Å²) < 4.78 is 64.2. The third-order valence-corrected chi connectivity index (χ3v) is 5.25. The summed E-state index contributed by atoms with van der Waals surface area (Å²) in [6.45, 7) is -0.0541. The molecule has 0 fully saturated rings. The highest BCUT2D eigenvalue weighted by Crippen LogP contribution is 2.30. The second kappa shape index (κ2) is 8.03. The van der Waals surface area contributed by atoms with Gasteiger partial charge in [0.15, 0.2) is 0 Å². The van der Waals surface area contributed by atoms with Gasteiger partial charge in [0.25, 0.3) is 5.69 Å². The van der Waals surface area contributed by atoms with Gasteiger partial charge >= 0.3 is 6.18 Å². The van der Waals surface area contributed by atoms with E-state index in [0.29, 0.717) is 5.56 Å². The number of hydrogen-bond donors (Lipinski definition) is 2. The topological polar surface area (TPSA) is 115 Å². The van der Waals surface area contributed by atoms with Crippen LogP contribution in [0.5, 0.6) is 0 Å². The van der Waals surface area contributed by atoms with Crippen molar-refractivity contribution in [3.05, 3.63) is 69.8 Å². The quantitative estimate of drug-likeness (QED) is 0.545. The summed E-state index contributed by atoms with van der Waals surface area (Å²) in [5.41, 5.74) is 5.29. The summed E-state index contributed by atoms with van der Waals surface area (Å²) in [7, 11) is -3.88. The monoisotopic (exact) mass is 403 g/mol. The van der Waals surface area contributed by atoms with Crippen molar-refractivity contribution in [2.24, 2.45) is 5.73 Å². The first-order valence-electron chi connectivity index (χ1n) is 7.67. The summed E-state index contributed by atoms with van der Waals surface area (Å²) in [5, 5.41) is 10.6. The van der Waals surface area contributed by atoms with Crippen molar-refractivity contribution in [3.8, 4) is 0 Å². The lowest BCUT2D eigenvalue weighted by atomic mass is 10.0. The fourth-order valence-corrected chi connectivity index (χ4v) is 3.31. The van der Waals surface area contributed by atoms with Crippen LogP contribution in [0.4, 0.5) is 18.9 Å². The van der Waals surface area contributed by atoms with E-state index in [4.69, 9.17) is 5.73 Å². The minimum absolute atomic E-state index is 0.0541. The maximum Gasteiger partial charge on any atom is 0.416 e. The van der Waals surface area contributed by atoms with E-state index in [-0.39, 0.29) is 23.5 Å². The lowest BCUT2D eigenvalue weighted by molar-refractivity contribution is -0.384. The van der Waals surface area contributed by atoms with Gasteiger partial charge in [-0.05, 0) is 36.2 Å². The average molecular weight is 403 g/mol. The fourth-order valence-electron chi connectivity index (χ4n) is 2.27. The zero-order valence-electron chi connectivity index (χ0n) is 13.8. The molecule has 3 N–H and O–H groups in total. The molecule has 11 heteroatoms. The molecule has 0 aliphatic rings. The molecule has 0 aromatic heterocycles. The average Bonchev–Trinajstić information content (AvgIpc) is 2.61. The number of alkyl halides is 3. The van der Waals surface area contributed by atoms with E-state index in [1.807, 2.05) is 0 Å². The van der Waals surface area contributed by atoms with Crippen molar-refractivity contribution < 1.29 is 26.5 Å². The highest BCUT2D eigenvalue weighted by atomic mass is 32.2. The van der Waals surface area contributed by atoms with Crippen molar-refractivity contribution in [1.29, 1.82) is 0 Å². The van der Waals surface area contributed by atoms with Crippen LogP contribution in [0, 0.1) is 10.1 Å². The van der Waals surface area contributed by atoms with Crippen LogP contribution in [-0.4, -0.2) is 19.9 Å². The Morgan fingerprint density at radius 3 is 2.11 bits per heavy atom. The van der Waals surface area contributed by atoms with Gasteiger partial charge in [-0.1, -0.05) is 12.1 Å². The number of rotatable bonds is 7. The maximum atomic E-state index is 12.5. The largest absolute Gasteiger partial charge is 0.416 e. The molecule has 146 valence electrons. The standard InChI is InChI=1S/C16H16F3N3O4S/c17-16(18,19)12-3-1-11(2-4-12)15(20)9-10-21-27(25,26)14-7-5-13(6-8-14)22(23)24/h1-8,15,21H,9-10,20H2/t15-/m0/s1. The first-order valence-corrected chi connectivity index (χ1v) is 9.16. The third-order valence-electron chi connectivity index (χ3n) is 3.77. The SMILES string of the molecule is N[C@@H](CCNS(=O)(=O)c1ccc([N+](=O)[O-])cc1)c1ccc(C(F)(F)F)cc1. The zero-order chi connectivity index (χ0) is 20.2. The Morgan fingerprint density at radius 2 is 1.63 bits per heavy atom. The minimum atomic E-state index is -4.44. The highest BCUT2D eigenvalue weighted by Gasteiger charge is 2.30. The Morgan fingerprint density at radius 1 is 1.07 bits per heavy atom. The van der Waals surface area contributed by atoms with Crippen LogP contribution in [-0.2, 0) is 16.2 Å². The van der Waals surface area contributed by atoms with Crippen molar-refractivity contribution in [1.82, 2.24) is 4.72 Å². The number of nitrogens with zero attached hydrogens (tertiary/aromatic N) is 1. The van der Waals surface area contributed by atoms with E-state index in [2.05, 4.69) is 4.72 Å². The molecule has 0 aliphatic carbocycles. The molecule has 2 aromatic rings. The van der Waals surface area contributed by atoms with Gasteiger partial charge in [0.2, 0.25) is 10.0 Å². The lowest BCUT2D eigenvalue weighted by Crippen LogP contribution is -2.27. The van der Waals surface area contributed by atoms with Crippen molar-refractivity contribution in [3.63, 3.8) is 0 Å². The predicted octanol–water partition coefficient (Wildman–Crippen LogP) is 2.98. The van der Waals surface area contributed by atoms with Gasteiger partial charge in [-0.15, -0.1) is 0 Å². The van der Waals surface area contributed by atoms with E-state index in [1.54, 1.807) is 0 Å². The number of halogens is 3. The van der Waals surface area contributed by atoms with Crippen LogP contribution >= 0.6 is 0 Å². The van der Waals surface area contributed by atoms with Crippen LogP contribution in [0.3, 0.4) is 0 Å². The molecule has 7 nitrogen and oxygen atoms in total. The van der Waals surface area contributed by atoms with Crippen LogP contribution in [0.15, 0.2) is 53.4 Å². The van der Waals surface area contributed by atoms with Crippen LogP contribution in [0.25, 0.3) is 0 Å². The number of nitrogens with two attached hydrogens (primary N) is 1. The Balaban J connectivity index is 1.95. The molecular formula is C16H16F3N3O4S. The van der Waals surface area contributed by atoms with E-state index < -0.39 is 32.7 Å². The number of benzene rings is 2. The summed E-state index contributed by atoms with van der Waals surface area (Å²) in [6.07, 6.45) is -4.29.